The molecule has 0 atom stereocenters. The minimum atomic E-state index is -3.66. The standard InChI is InChI=1S/C9H13BrN4O3S2/c1-6(15)12-7-13-14-8(18-7)19(16,17)11-5-9(4-10)2-3-9/h11H,2-5H2,1H3,(H,12,13,15). The van der Waals surface area contributed by atoms with Gasteiger partial charge in [-0.1, -0.05) is 27.3 Å². The van der Waals surface area contributed by atoms with Crippen LogP contribution in [-0.4, -0.2) is 36.4 Å². The van der Waals surface area contributed by atoms with Crippen molar-refractivity contribution in [1.82, 2.24) is 14.9 Å². The van der Waals surface area contributed by atoms with Crippen molar-refractivity contribution in [3.63, 3.8) is 0 Å². The lowest BCUT2D eigenvalue weighted by Crippen LogP contribution is -2.31. The van der Waals surface area contributed by atoms with Crippen LogP contribution in [-0.2, 0) is 14.8 Å². The van der Waals surface area contributed by atoms with Gasteiger partial charge in [0.1, 0.15) is 0 Å². The molecule has 106 valence electrons. The van der Waals surface area contributed by atoms with E-state index in [1.165, 1.54) is 6.92 Å². The topological polar surface area (TPSA) is 101 Å². The number of nitrogens with one attached hydrogen (secondary N) is 2. The first kappa shape index (κ1) is 14.8. The van der Waals surface area contributed by atoms with Gasteiger partial charge >= 0.3 is 0 Å². The molecule has 1 aromatic heterocycles. The highest BCUT2D eigenvalue weighted by atomic mass is 79.9. The average Bonchev–Trinajstić information content (AvgIpc) is 2.98. The first-order valence-corrected chi connectivity index (χ1v) is 8.96. The largest absolute Gasteiger partial charge is 0.301 e. The zero-order valence-corrected chi connectivity index (χ0v) is 13.4. The Hall–Kier alpha value is -0.580. The van der Waals surface area contributed by atoms with E-state index in [4.69, 9.17) is 0 Å². The van der Waals surface area contributed by atoms with E-state index in [-0.39, 0.29) is 20.8 Å². The Morgan fingerprint density at radius 1 is 1.47 bits per heavy atom. The van der Waals surface area contributed by atoms with E-state index in [2.05, 4.69) is 36.2 Å². The highest BCUT2D eigenvalue weighted by Crippen LogP contribution is 2.46. The molecule has 0 saturated heterocycles. The van der Waals surface area contributed by atoms with Gasteiger partial charge in [0.2, 0.25) is 15.4 Å². The Kier molecular flexibility index (Phi) is 4.23. The maximum absolute atomic E-state index is 12.0. The number of halogens is 1. The maximum Gasteiger partial charge on any atom is 0.269 e. The molecule has 1 aromatic rings. The van der Waals surface area contributed by atoms with Crippen LogP contribution in [0.15, 0.2) is 4.34 Å². The van der Waals surface area contributed by atoms with Crippen LogP contribution in [0.5, 0.6) is 0 Å². The Labute approximate surface area is 123 Å². The van der Waals surface area contributed by atoms with Gasteiger partial charge in [0.15, 0.2) is 0 Å². The predicted molar refractivity (Wildman–Crippen MR) is 74.9 cm³/mol. The van der Waals surface area contributed by atoms with Crippen molar-refractivity contribution >= 4 is 48.3 Å². The fourth-order valence-electron chi connectivity index (χ4n) is 1.36. The summed E-state index contributed by atoms with van der Waals surface area (Å²) in [7, 11) is -3.66. The summed E-state index contributed by atoms with van der Waals surface area (Å²) >= 11 is 4.21. The van der Waals surface area contributed by atoms with Gasteiger partial charge in [-0.2, -0.15) is 0 Å². The summed E-state index contributed by atoms with van der Waals surface area (Å²) in [6.07, 6.45) is 2.02. The lowest BCUT2D eigenvalue weighted by Gasteiger charge is -2.11. The quantitative estimate of drug-likeness (QED) is 0.574. The zero-order valence-electron chi connectivity index (χ0n) is 10.1. The van der Waals surface area contributed by atoms with Crippen molar-refractivity contribution in [2.75, 3.05) is 17.2 Å². The second-order valence-corrected chi connectivity index (χ2v) is 7.99. The van der Waals surface area contributed by atoms with Crippen LogP contribution in [0.1, 0.15) is 19.8 Å². The number of carbonyl (C=O) groups is 1. The van der Waals surface area contributed by atoms with Gasteiger partial charge in [-0.3, -0.25) is 4.79 Å². The molecule has 19 heavy (non-hydrogen) atoms. The minimum Gasteiger partial charge on any atom is -0.301 e. The van der Waals surface area contributed by atoms with Crippen molar-refractivity contribution in [2.45, 2.75) is 24.1 Å². The monoisotopic (exact) mass is 368 g/mol. The predicted octanol–water partition coefficient (Wildman–Crippen LogP) is 0.950. The van der Waals surface area contributed by atoms with Crippen molar-refractivity contribution < 1.29 is 13.2 Å². The molecule has 1 heterocycles. The van der Waals surface area contributed by atoms with Gasteiger partial charge in [-0.15, -0.1) is 10.2 Å². The van der Waals surface area contributed by atoms with Gasteiger partial charge in [-0.05, 0) is 18.3 Å². The number of alkyl halides is 1. The van der Waals surface area contributed by atoms with Crippen LogP contribution in [0.25, 0.3) is 0 Å². The number of anilines is 1. The van der Waals surface area contributed by atoms with Crippen LogP contribution >= 0.6 is 27.3 Å². The average molecular weight is 369 g/mol. The lowest BCUT2D eigenvalue weighted by molar-refractivity contribution is -0.114. The molecular weight excluding hydrogens is 356 g/mol. The highest BCUT2D eigenvalue weighted by Gasteiger charge is 2.42. The molecule has 1 aliphatic carbocycles. The number of aromatic nitrogens is 2. The molecule has 1 fully saturated rings. The summed E-state index contributed by atoms with van der Waals surface area (Å²) in [5, 5.41) is 10.5. The summed E-state index contributed by atoms with van der Waals surface area (Å²) in [6, 6.07) is 0. The molecule has 0 aromatic carbocycles. The molecular formula is C9H13BrN4O3S2. The summed E-state index contributed by atoms with van der Waals surface area (Å²) in [5.74, 6) is -0.315. The Morgan fingerprint density at radius 3 is 2.68 bits per heavy atom. The minimum absolute atomic E-state index is 0.0399. The molecule has 1 aliphatic rings. The molecule has 1 amide bonds. The van der Waals surface area contributed by atoms with E-state index in [1.54, 1.807) is 0 Å². The lowest BCUT2D eigenvalue weighted by atomic mass is 10.1. The molecule has 0 radical (unpaired) electrons. The highest BCUT2D eigenvalue weighted by molar-refractivity contribution is 9.09. The molecule has 0 aliphatic heterocycles. The summed E-state index contributed by atoms with van der Waals surface area (Å²) in [5.41, 5.74) is 0.0399. The third-order valence-corrected chi connectivity index (χ3v) is 6.59. The van der Waals surface area contributed by atoms with Crippen LogP contribution < -0.4 is 10.0 Å². The molecule has 0 bridgehead atoms. The van der Waals surface area contributed by atoms with Crippen molar-refractivity contribution in [1.29, 1.82) is 0 Å². The van der Waals surface area contributed by atoms with Gasteiger partial charge in [0, 0.05) is 18.8 Å². The van der Waals surface area contributed by atoms with Crippen LogP contribution in [0, 0.1) is 5.41 Å². The zero-order chi connectivity index (χ0) is 14.1. The number of carbonyl (C=O) groups excluding carboxylic acids is 1. The van der Waals surface area contributed by atoms with E-state index in [1.807, 2.05) is 0 Å². The molecule has 2 rings (SSSR count). The number of rotatable bonds is 6. The Balaban J connectivity index is 2.02. The molecule has 1 saturated carbocycles. The second kappa shape index (κ2) is 5.43. The van der Waals surface area contributed by atoms with E-state index in [0.29, 0.717) is 6.54 Å². The van der Waals surface area contributed by atoms with Crippen molar-refractivity contribution in [3.05, 3.63) is 0 Å². The number of sulfonamides is 1. The van der Waals surface area contributed by atoms with E-state index < -0.39 is 10.0 Å². The number of nitrogens with zero attached hydrogens (tertiary/aromatic N) is 2. The summed E-state index contributed by atoms with van der Waals surface area (Å²) in [6.45, 7) is 1.70. The normalized spacial score (nSPS) is 17.2. The third-order valence-electron chi connectivity index (χ3n) is 2.80. The number of amides is 1. The van der Waals surface area contributed by atoms with Crippen LogP contribution in [0.2, 0.25) is 0 Å². The summed E-state index contributed by atoms with van der Waals surface area (Å²) < 4.78 is 26.4. The van der Waals surface area contributed by atoms with E-state index >= 15 is 0 Å². The van der Waals surface area contributed by atoms with Gasteiger partial charge < -0.3 is 5.32 Å². The maximum atomic E-state index is 12.0. The first-order chi connectivity index (χ1) is 8.87. The van der Waals surface area contributed by atoms with Crippen LogP contribution in [0.3, 0.4) is 0 Å². The molecule has 10 heteroatoms. The third kappa shape index (κ3) is 3.71. The van der Waals surface area contributed by atoms with Gasteiger partial charge in [0.25, 0.3) is 10.0 Å². The van der Waals surface area contributed by atoms with E-state index in [0.717, 1.165) is 29.5 Å². The Bertz CT molecular complexity index is 582. The van der Waals surface area contributed by atoms with Crippen molar-refractivity contribution in [3.8, 4) is 0 Å². The van der Waals surface area contributed by atoms with Gasteiger partial charge in [-0.25, -0.2) is 13.1 Å². The summed E-state index contributed by atoms with van der Waals surface area (Å²) in [4.78, 5) is 10.8. The first-order valence-electron chi connectivity index (χ1n) is 5.54. The van der Waals surface area contributed by atoms with Crippen LogP contribution in [0.4, 0.5) is 5.13 Å². The SMILES string of the molecule is CC(=O)Nc1nnc(S(=O)(=O)NCC2(CBr)CC2)s1. The molecule has 0 unspecified atom stereocenters. The fourth-order valence-corrected chi connectivity index (χ4v) is 4.27. The molecule has 2 N–H and O–H groups in total. The fraction of sp³-hybridized carbons (Fsp3) is 0.667. The van der Waals surface area contributed by atoms with E-state index in [9.17, 15) is 13.2 Å². The molecule has 7 nitrogen and oxygen atoms in total. The van der Waals surface area contributed by atoms with Crippen molar-refractivity contribution in [2.24, 2.45) is 5.41 Å². The smallest absolute Gasteiger partial charge is 0.269 e. The number of hydrogen-bond donors (Lipinski definition) is 2. The second-order valence-electron chi connectivity index (χ2n) is 4.51. The molecule has 0 spiro atoms. The van der Waals surface area contributed by atoms with Gasteiger partial charge in [0.05, 0.1) is 0 Å². The number of hydrogen-bond acceptors (Lipinski definition) is 6. The Morgan fingerprint density at radius 2 is 2.16 bits per heavy atom.